The Hall–Kier alpha value is -2.73. The van der Waals surface area contributed by atoms with E-state index in [0.717, 1.165) is 17.7 Å². The Morgan fingerprint density at radius 2 is 1.59 bits per heavy atom. The van der Waals surface area contributed by atoms with E-state index in [1.54, 1.807) is 31.2 Å². The van der Waals surface area contributed by atoms with Crippen LogP contribution < -0.4 is 5.43 Å². The average molecular weight is 321 g/mol. The van der Waals surface area contributed by atoms with Gasteiger partial charge < -0.3 is 15.3 Å². The molecule has 22 heavy (non-hydrogen) atoms. The molecule has 0 bridgehead atoms. The van der Waals surface area contributed by atoms with Gasteiger partial charge >= 0.3 is 0 Å². The Kier molecular flexibility index (Phi) is 4.53. The van der Waals surface area contributed by atoms with Gasteiger partial charge in [0.05, 0.1) is 5.71 Å². The molecule has 2 rings (SSSR count). The summed E-state index contributed by atoms with van der Waals surface area (Å²) in [4.78, 5) is 11.9. The summed E-state index contributed by atoms with van der Waals surface area (Å²) in [6.07, 6.45) is 0. The minimum atomic E-state index is -0.683. The van der Waals surface area contributed by atoms with Crippen LogP contribution in [-0.4, -0.2) is 26.9 Å². The number of carbonyl (C=O) groups is 1. The van der Waals surface area contributed by atoms with E-state index in [1.807, 2.05) is 0 Å². The maximum atomic E-state index is 11.9. The molecule has 0 unspecified atom stereocenters. The average Bonchev–Trinajstić information content (AvgIpc) is 2.50. The molecule has 0 heterocycles. The predicted molar refractivity (Wildman–Crippen MR) is 82.6 cm³/mol. The third kappa shape index (κ3) is 3.48. The second-order valence-corrected chi connectivity index (χ2v) is 4.94. The second kappa shape index (κ2) is 6.36. The van der Waals surface area contributed by atoms with Crippen molar-refractivity contribution in [2.45, 2.75) is 6.92 Å². The first-order valence-corrected chi connectivity index (χ1v) is 6.62. The fourth-order valence-corrected chi connectivity index (χ4v) is 1.82. The Balaban J connectivity index is 2.15. The van der Waals surface area contributed by atoms with E-state index < -0.39 is 23.2 Å². The number of nitrogens with one attached hydrogen (secondary N) is 1. The lowest BCUT2D eigenvalue weighted by Crippen LogP contribution is -2.19. The van der Waals surface area contributed by atoms with E-state index in [2.05, 4.69) is 10.5 Å². The molecule has 0 saturated carbocycles. The van der Waals surface area contributed by atoms with Crippen molar-refractivity contribution in [3.8, 4) is 17.2 Å². The lowest BCUT2D eigenvalue weighted by atomic mass is 10.1. The summed E-state index contributed by atoms with van der Waals surface area (Å²) >= 11 is 5.79. The zero-order chi connectivity index (χ0) is 16.3. The first-order chi connectivity index (χ1) is 10.4. The minimum absolute atomic E-state index is 0.0412. The third-order valence-corrected chi connectivity index (χ3v) is 3.17. The fourth-order valence-electron chi connectivity index (χ4n) is 1.69. The summed E-state index contributed by atoms with van der Waals surface area (Å²) in [5.74, 6) is -2.51. The lowest BCUT2D eigenvalue weighted by molar-refractivity contribution is 0.0954. The number of aromatic hydroxyl groups is 3. The lowest BCUT2D eigenvalue weighted by Gasteiger charge is -2.06. The molecule has 2 aromatic carbocycles. The van der Waals surface area contributed by atoms with Crippen LogP contribution in [0.1, 0.15) is 22.8 Å². The summed E-state index contributed by atoms with van der Waals surface area (Å²) < 4.78 is 0. The van der Waals surface area contributed by atoms with E-state index in [9.17, 15) is 20.1 Å². The molecule has 0 aromatic heterocycles. The zero-order valence-corrected chi connectivity index (χ0v) is 12.3. The highest BCUT2D eigenvalue weighted by Crippen LogP contribution is 2.35. The third-order valence-electron chi connectivity index (χ3n) is 2.92. The van der Waals surface area contributed by atoms with Crippen LogP contribution in [-0.2, 0) is 0 Å². The molecule has 0 radical (unpaired) electrons. The molecule has 0 saturated heterocycles. The quantitative estimate of drug-likeness (QED) is 0.396. The molecule has 0 spiro atoms. The molecule has 0 aliphatic carbocycles. The van der Waals surface area contributed by atoms with E-state index in [4.69, 9.17) is 11.6 Å². The number of phenols is 3. The topological polar surface area (TPSA) is 102 Å². The Labute approximate surface area is 131 Å². The Bertz CT molecular complexity index is 719. The van der Waals surface area contributed by atoms with Gasteiger partial charge in [-0.15, -0.1) is 0 Å². The van der Waals surface area contributed by atoms with Crippen molar-refractivity contribution >= 4 is 23.2 Å². The maximum absolute atomic E-state index is 11.9. The second-order valence-electron chi connectivity index (χ2n) is 4.51. The molecular formula is C15H13ClN2O4. The van der Waals surface area contributed by atoms with Crippen LogP contribution in [0.5, 0.6) is 17.2 Å². The Morgan fingerprint density at radius 1 is 1.05 bits per heavy atom. The van der Waals surface area contributed by atoms with Crippen molar-refractivity contribution in [1.29, 1.82) is 0 Å². The first-order valence-electron chi connectivity index (χ1n) is 6.24. The minimum Gasteiger partial charge on any atom is -0.504 e. The number of amides is 1. The molecule has 4 N–H and O–H groups in total. The summed E-state index contributed by atoms with van der Waals surface area (Å²) in [5, 5.41) is 32.5. The van der Waals surface area contributed by atoms with Gasteiger partial charge in [0.25, 0.3) is 5.91 Å². The monoisotopic (exact) mass is 320 g/mol. The number of benzene rings is 2. The summed E-state index contributed by atoms with van der Waals surface area (Å²) in [5.41, 5.74) is 3.59. The Morgan fingerprint density at radius 3 is 2.14 bits per heavy atom. The van der Waals surface area contributed by atoms with Gasteiger partial charge in [0.2, 0.25) is 0 Å². The number of phenolic OH excluding ortho intramolecular Hbond substituents is 3. The maximum Gasteiger partial charge on any atom is 0.271 e. The number of carbonyl (C=O) groups excluding carboxylic acids is 1. The summed E-state index contributed by atoms with van der Waals surface area (Å²) in [6, 6.07) is 8.97. The van der Waals surface area contributed by atoms with Gasteiger partial charge in [-0.3, -0.25) is 4.79 Å². The van der Waals surface area contributed by atoms with Crippen LogP contribution >= 0.6 is 11.6 Å². The first kappa shape index (κ1) is 15.7. The van der Waals surface area contributed by atoms with Crippen molar-refractivity contribution in [2.75, 3.05) is 0 Å². The van der Waals surface area contributed by atoms with Crippen molar-refractivity contribution in [3.63, 3.8) is 0 Å². The number of hydrogen-bond donors (Lipinski definition) is 4. The molecule has 0 atom stereocenters. The van der Waals surface area contributed by atoms with Gasteiger partial charge in [-0.2, -0.15) is 5.10 Å². The molecule has 0 fully saturated rings. The highest BCUT2D eigenvalue weighted by molar-refractivity contribution is 6.30. The van der Waals surface area contributed by atoms with E-state index in [0.29, 0.717) is 10.7 Å². The van der Waals surface area contributed by atoms with Gasteiger partial charge in [0, 0.05) is 10.6 Å². The van der Waals surface area contributed by atoms with Crippen LogP contribution in [0.15, 0.2) is 41.5 Å². The molecule has 2 aromatic rings. The van der Waals surface area contributed by atoms with E-state index in [1.165, 1.54) is 0 Å². The van der Waals surface area contributed by atoms with Crippen molar-refractivity contribution in [3.05, 3.63) is 52.5 Å². The standard InChI is InChI=1S/C15H13ClN2O4/c1-8(9-2-4-11(16)5-3-9)17-18-15(22)10-6-12(19)14(21)13(20)7-10/h2-7,19-21H,1H3,(H,18,22)/b17-8+. The van der Waals surface area contributed by atoms with Crippen LogP contribution in [0.4, 0.5) is 0 Å². The number of rotatable bonds is 3. The smallest absolute Gasteiger partial charge is 0.271 e. The molecular weight excluding hydrogens is 308 g/mol. The van der Waals surface area contributed by atoms with Crippen molar-refractivity contribution in [1.82, 2.24) is 5.43 Å². The van der Waals surface area contributed by atoms with Crippen LogP contribution in [0.2, 0.25) is 5.02 Å². The van der Waals surface area contributed by atoms with E-state index >= 15 is 0 Å². The van der Waals surface area contributed by atoms with Gasteiger partial charge in [0.15, 0.2) is 17.2 Å². The zero-order valence-electron chi connectivity index (χ0n) is 11.5. The largest absolute Gasteiger partial charge is 0.504 e. The van der Waals surface area contributed by atoms with Gasteiger partial charge in [-0.1, -0.05) is 23.7 Å². The predicted octanol–water partition coefficient (Wildman–Crippen LogP) is 2.61. The molecule has 114 valence electrons. The van der Waals surface area contributed by atoms with Gasteiger partial charge in [-0.25, -0.2) is 5.43 Å². The highest BCUT2D eigenvalue weighted by Gasteiger charge is 2.13. The van der Waals surface area contributed by atoms with Gasteiger partial charge in [-0.05, 0) is 36.8 Å². The van der Waals surface area contributed by atoms with Crippen molar-refractivity contribution in [2.24, 2.45) is 5.10 Å². The highest BCUT2D eigenvalue weighted by atomic mass is 35.5. The van der Waals surface area contributed by atoms with Gasteiger partial charge in [0.1, 0.15) is 0 Å². The normalized spacial score (nSPS) is 11.3. The SMILES string of the molecule is C/C(=N\NC(=O)c1cc(O)c(O)c(O)c1)c1ccc(Cl)cc1. The molecule has 1 amide bonds. The van der Waals surface area contributed by atoms with Crippen molar-refractivity contribution < 1.29 is 20.1 Å². The number of halogens is 1. The molecule has 0 aliphatic rings. The fraction of sp³-hybridized carbons (Fsp3) is 0.0667. The summed E-state index contributed by atoms with van der Waals surface area (Å²) in [6.45, 7) is 1.70. The van der Waals surface area contributed by atoms with Crippen LogP contribution in [0.3, 0.4) is 0 Å². The molecule has 6 nitrogen and oxygen atoms in total. The van der Waals surface area contributed by atoms with E-state index in [-0.39, 0.29) is 5.56 Å². The summed E-state index contributed by atoms with van der Waals surface area (Å²) in [7, 11) is 0. The number of hydrazone groups is 1. The number of hydrogen-bond acceptors (Lipinski definition) is 5. The van der Waals surface area contributed by atoms with Crippen LogP contribution in [0, 0.1) is 0 Å². The molecule has 0 aliphatic heterocycles. The molecule has 7 heteroatoms. The number of nitrogens with zero attached hydrogens (tertiary/aromatic N) is 1. The van der Waals surface area contributed by atoms with Crippen LogP contribution in [0.25, 0.3) is 0 Å².